The quantitative estimate of drug-likeness (QED) is 0.225. The third kappa shape index (κ3) is 9.21. The highest BCUT2D eigenvalue weighted by Crippen LogP contribution is 2.27. The third-order valence-corrected chi connectivity index (χ3v) is 8.94. The molecule has 0 aromatic heterocycles. The Morgan fingerprint density at radius 2 is 1.69 bits per heavy atom. The predicted molar refractivity (Wildman–Crippen MR) is 172 cm³/mol. The Labute approximate surface area is 259 Å². The number of rotatable bonds is 14. The number of nitrogens with one attached hydrogen (secondary N) is 1. The minimum absolute atomic E-state index is 0.0362. The third-order valence-electron chi connectivity index (χ3n) is 7.17. The highest BCUT2D eigenvalue weighted by atomic mass is 35.5. The molecule has 0 fully saturated rings. The maximum atomic E-state index is 13.9. The summed E-state index contributed by atoms with van der Waals surface area (Å²) in [4.78, 5) is 29.0. The maximum Gasteiger partial charge on any atom is 0.243 e. The summed E-state index contributed by atoms with van der Waals surface area (Å²) in [5, 5.41) is 3.81. The van der Waals surface area contributed by atoms with Crippen molar-refractivity contribution in [3.8, 4) is 0 Å². The molecular formula is C32H39Cl2N3O4S. The van der Waals surface area contributed by atoms with Crippen molar-refractivity contribution >= 4 is 50.7 Å². The number of amides is 2. The van der Waals surface area contributed by atoms with E-state index in [0.29, 0.717) is 34.3 Å². The molecule has 1 atom stereocenters. The largest absolute Gasteiger partial charge is 0.354 e. The van der Waals surface area contributed by atoms with Crippen molar-refractivity contribution in [1.82, 2.24) is 10.2 Å². The lowest BCUT2D eigenvalue weighted by atomic mass is 10.0. The molecule has 0 aliphatic carbocycles. The molecule has 0 spiro atoms. The fourth-order valence-electron chi connectivity index (χ4n) is 4.74. The number of benzene rings is 3. The smallest absolute Gasteiger partial charge is 0.243 e. The molecule has 3 aromatic carbocycles. The average molecular weight is 633 g/mol. The molecule has 0 radical (unpaired) electrons. The van der Waals surface area contributed by atoms with Crippen molar-refractivity contribution in [1.29, 1.82) is 0 Å². The number of hydrogen-bond acceptors (Lipinski definition) is 4. The molecule has 1 N–H and O–H groups in total. The van der Waals surface area contributed by atoms with Gasteiger partial charge in [-0.1, -0.05) is 78.7 Å². The minimum Gasteiger partial charge on any atom is -0.354 e. The molecule has 3 rings (SSSR count). The summed E-state index contributed by atoms with van der Waals surface area (Å²) in [5.74, 6) is -0.532. The van der Waals surface area contributed by atoms with Crippen molar-refractivity contribution in [3.63, 3.8) is 0 Å². The Morgan fingerprint density at radius 3 is 2.33 bits per heavy atom. The van der Waals surface area contributed by atoms with Crippen LogP contribution in [0.15, 0.2) is 66.7 Å². The van der Waals surface area contributed by atoms with Crippen LogP contribution in [0.3, 0.4) is 0 Å². The molecule has 42 heavy (non-hydrogen) atoms. The summed E-state index contributed by atoms with van der Waals surface area (Å²) >= 11 is 12.6. The Morgan fingerprint density at radius 1 is 0.976 bits per heavy atom. The van der Waals surface area contributed by atoms with Crippen LogP contribution in [0.5, 0.6) is 0 Å². The molecule has 0 bridgehead atoms. The van der Waals surface area contributed by atoms with Crippen molar-refractivity contribution in [2.45, 2.75) is 59.0 Å². The molecule has 7 nitrogen and oxygen atoms in total. The Hall–Kier alpha value is -3.07. The average Bonchev–Trinajstić information content (AvgIpc) is 2.94. The Kier molecular flexibility index (Phi) is 12.3. The van der Waals surface area contributed by atoms with Gasteiger partial charge in [0.2, 0.25) is 21.8 Å². The zero-order chi connectivity index (χ0) is 30.9. The molecule has 10 heteroatoms. The number of anilines is 1. The molecule has 226 valence electrons. The van der Waals surface area contributed by atoms with Gasteiger partial charge in [-0.25, -0.2) is 8.42 Å². The van der Waals surface area contributed by atoms with Crippen molar-refractivity contribution < 1.29 is 18.0 Å². The van der Waals surface area contributed by atoms with E-state index in [-0.39, 0.29) is 37.7 Å². The standard InChI is InChI=1S/C32H39Cl2N3O4S/c1-5-18-35-32(39)30(20-25-12-7-6-8-13-25)36(22-26-16-17-27(33)21-28(26)34)31(38)15-10-19-37(42(4,40)41)29-14-9-11-23(2)24(29)3/h6-9,11-14,16-17,21,30H,5,10,15,18-20,22H2,1-4H3,(H,35,39)/t30-/m1/s1. The first-order valence-electron chi connectivity index (χ1n) is 14.0. The molecule has 0 aliphatic heterocycles. The van der Waals surface area contributed by atoms with Crippen LogP contribution in [0.25, 0.3) is 0 Å². The van der Waals surface area contributed by atoms with Crippen LogP contribution in [0.2, 0.25) is 10.0 Å². The number of aryl methyl sites for hydroxylation is 1. The molecule has 3 aromatic rings. The molecule has 0 heterocycles. The monoisotopic (exact) mass is 631 g/mol. The molecule has 0 aliphatic rings. The fraction of sp³-hybridized carbons (Fsp3) is 0.375. The van der Waals surface area contributed by atoms with E-state index in [9.17, 15) is 18.0 Å². The number of hydrogen-bond donors (Lipinski definition) is 1. The van der Waals surface area contributed by atoms with E-state index in [4.69, 9.17) is 23.2 Å². The highest BCUT2D eigenvalue weighted by Gasteiger charge is 2.31. The molecule has 2 amide bonds. The summed E-state index contributed by atoms with van der Waals surface area (Å²) in [7, 11) is -3.60. The van der Waals surface area contributed by atoms with Crippen molar-refractivity contribution in [2.75, 3.05) is 23.7 Å². The van der Waals surface area contributed by atoms with E-state index < -0.39 is 16.1 Å². The van der Waals surface area contributed by atoms with E-state index in [0.717, 1.165) is 23.1 Å². The first-order chi connectivity index (χ1) is 19.9. The SMILES string of the molecule is CCCNC(=O)[C@@H](Cc1ccccc1)N(Cc1ccc(Cl)cc1Cl)C(=O)CCCN(c1cccc(C)c1C)S(C)(=O)=O. The second kappa shape index (κ2) is 15.4. The number of carbonyl (C=O) groups excluding carboxylic acids is 2. The second-order valence-corrected chi connectivity index (χ2v) is 13.2. The van der Waals surface area contributed by atoms with Crippen LogP contribution < -0.4 is 9.62 Å². The molecular weight excluding hydrogens is 593 g/mol. The summed E-state index contributed by atoms with van der Waals surface area (Å²) in [6.45, 7) is 6.47. The Bertz CT molecular complexity index is 1480. The zero-order valence-corrected chi connectivity index (χ0v) is 26.9. The maximum absolute atomic E-state index is 13.9. The molecule has 0 saturated carbocycles. The van der Waals surface area contributed by atoms with Gasteiger partial charge in [-0.3, -0.25) is 13.9 Å². The number of sulfonamides is 1. The summed E-state index contributed by atoms with van der Waals surface area (Å²) in [6.07, 6.45) is 2.53. The van der Waals surface area contributed by atoms with Crippen molar-refractivity contribution in [3.05, 3.63) is 99.0 Å². The van der Waals surface area contributed by atoms with E-state index in [2.05, 4.69) is 5.32 Å². The van der Waals surface area contributed by atoms with E-state index >= 15 is 0 Å². The van der Waals surface area contributed by atoms with Crippen LogP contribution in [0.1, 0.15) is 48.4 Å². The van der Waals surface area contributed by atoms with Gasteiger partial charge in [0.1, 0.15) is 6.04 Å². The topological polar surface area (TPSA) is 86.8 Å². The summed E-state index contributed by atoms with van der Waals surface area (Å²) in [6, 6.07) is 19.3. The number of nitrogens with zero attached hydrogens (tertiary/aromatic N) is 2. The van der Waals surface area contributed by atoms with E-state index in [1.807, 2.05) is 63.2 Å². The van der Waals surface area contributed by atoms with Crippen LogP contribution in [0.4, 0.5) is 5.69 Å². The predicted octanol–water partition coefficient (Wildman–Crippen LogP) is 6.32. The van der Waals surface area contributed by atoms with Gasteiger partial charge in [-0.15, -0.1) is 0 Å². The van der Waals surface area contributed by atoms with Gasteiger partial charge in [0, 0.05) is 42.5 Å². The van der Waals surface area contributed by atoms with Gasteiger partial charge < -0.3 is 10.2 Å². The summed E-state index contributed by atoms with van der Waals surface area (Å²) < 4.78 is 26.9. The lowest BCUT2D eigenvalue weighted by Gasteiger charge is -2.32. The normalized spacial score (nSPS) is 12.0. The zero-order valence-electron chi connectivity index (χ0n) is 24.6. The van der Waals surface area contributed by atoms with Crippen LogP contribution in [0, 0.1) is 13.8 Å². The van der Waals surface area contributed by atoms with E-state index in [1.165, 1.54) is 10.6 Å². The first-order valence-corrected chi connectivity index (χ1v) is 16.6. The van der Waals surface area contributed by atoms with Crippen LogP contribution >= 0.6 is 23.2 Å². The fourth-order valence-corrected chi connectivity index (χ4v) is 6.23. The van der Waals surface area contributed by atoms with Crippen LogP contribution in [-0.4, -0.2) is 50.5 Å². The second-order valence-electron chi connectivity index (χ2n) is 10.4. The minimum atomic E-state index is -3.60. The number of halogens is 2. The van der Waals surface area contributed by atoms with Crippen molar-refractivity contribution in [2.24, 2.45) is 0 Å². The van der Waals surface area contributed by atoms with Gasteiger partial charge in [-0.2, -0.15) is 0 Å². The lowest BCUT2D eigenvalue weighted by molar-refractivity contribution is -0.141. The van der Waals surface area contributed by atoms with Gasteiger partial charge in [-0.05, 0) is 67.1 Å². The highest BCUT2D eigenvalue weighted by molar-refractivity contribution is 7.92. The summed E-state index contributed by atoms with van der Waals surface area (Å²) in [5.41, 5.74) is 4.00. The van der Waals surface area contributed by atoms with Gasteiger partial charge >= 0.3 is 0 Å². The van der Waals surface area contributed by atoms with E-state index in [1.54, 1.807) is 29.2 Å². The number of carbonyl (C=O) groups is 2. The molecule has 0 saturated heterocycles. The van der Waals surface area contributed by atoms with Gasteiger partial charge in [0.15, 0.2) is 0 Å². The first kappa shape index (κ1) is 33.4. The van der Waals surface area contributed by atoms with Gasteiger partial charge in [0.05, 0.1) is 11.9 Å². The van der Waals surface area contributed by atoms with Crippen LogP contribution in [-0.2, 0) is 32.6 Å². The Balaban J connectivity index is 1.92. The lowest BCUT2D eigenvalue weighted by Crippen LogP contribution is -2.50. The molecule has 0 unspecified atom stereocenters. The van der Waals surface area contributed by atoms with Gasteiger partial charge in [0.25, 0.3) is 0 Å².